The third-order valence-electron chi connectivity index (χ3n) is 3.13. The first-order valence-electron chi connectivity index (χ1n) is 13.2. The summed E-state index contributed by atoms with van der Waals surface area (Å²) in [6.45, 7) is 6.04. The summed E-state index contributed by atoms with van der Waals surface area (Å²) in [5, 5.41) is 19.1. The Morgan fingerprint density at radius 2 is 1.26 bits per heavy atom. The van der Waals surface area contributed by atoms with Crippen LogP contribution in [0, 0.1) is 16.7 Å². The Morgan fingerprint density at radius 1 is 0.839 bits per heavy atom. The fourth-order valence-electron chi connectivity index (χ4n) is 1.91. The fourth-order valence-corrected chi connectivity index (χ4v) is 2.79. The Kier molecular flexibility index (Phi) is 27.8. The van der Waals surface area contributed by atoms with E-state index in [1.165, 1.54) is 21.3 Å². The average molecular weight is 483 g/mol. The first-order chi connectivity index (χ1) is 17.9. The molecule has 0 aliphatic rings. The van der Waals surface area contributed by atoms with Gasteiger partial charge in [0, 0.05) is 51.9 Å². The van der Waals surface area contributed by atoms with Crippen LogP contribution in [0.3, 0.4) is 0 Å². The van der Waals surface area contributed by atoms with Crippen molar-refractivity contribution in [2.24, 2.45) is 5.41 Å². The molecule has 1 atom stereocenters. The normalized spacial score (nSPS) is 13.5. The van der Waals surface area contributed by atoms with Crippen LogP contribution in [-0.4, -0.2) is 100 Å². The topological polar surface area (TPSA) is 131 Å². The van der Waals surface area contributed by atoms with Crippen LogP contribution in [0.2, 0.25) is 0 Å². The predicted octanol–water partition coefficient (Wildman–Crippen LogP) is 2.97. The summed E-state index contributed by atoms with van der Waals surface area (Å²) in [6.07, 6.45) is 2.31. The van der Waals surface area contributed by atoms with Crippen molar-refractivity contribution >= 4 is 8.38 Å². The minimum atomic E-state index is -1.13. The maximum atomic E-state index is 8.61. The van der Waals surface area contributed by atoms with E-state index < -0.39 is 13.8 Å². The lowest BCUT2D eigenvalue weighted by atomic mass is 9.92. The van der Waals surface area contributed by atoms with Gasteiger partial charge in [0.2, 0.25) is 4.29 Å². The largest absolute Gasteiger partial charge is 0.400 e. The summed E-state index contributed by atoms with van der Waals surface area (Å²) >= 11 is 0. The third kappa shape index (κ3) is 27.6. The lowest BCUT2D eigenvalue weighted by Gasteiger charge is -2.33. The van der Waals surface area contributed by atoms with Gasteiger partial charge in [0.05, 0.1) is 50.9 Å². The quantitative estimate of drug-likeness (QED) is 0.199. The third-order valence-corrected chi connectivity index (χ3v) is 4.17. The zero-order chi connectivity index (χ0) is 29.0. The van der Waals surface area contributed by atoms with Gasteiger partial charge in [-0.3, -0.25) is 0 Å². The second-order valence-electron chi connectivity index (χ2n) is 5.67. The second-order valence-corrected chi connectivity index (χ2v) is 7.07. The number of ether oxygens (including phenoxy) is 3. The van der Waals surface area contributed by atoms with E-state index in [2.05, 4.69) is 15.3 Å². The first kappa shape index (κ1) is 25.2. The Morgan fingerprint density at radius 3 is 1.61 bits per heavy atom. The van der Waals surface area contributed by atoms with Crippen molar-refractivity contribution in [2.75, 3.05) is 80.8 Å². The van der Waals surface area contributed by atoms with Crippen LogP contribution >= 0.6 is 8.38 Å². The van der Waals surface area contributed by atoms with Gasteiger partial charge in [0.15, 0.2) is 8.38 Å². The van der Waals surface area contributed by atoms with Crippen molar-refractivity contribution in [3.05, 3.63) is 0 Å². The molecule has 0 rings (SSSR count). The van der Waals surface area contributed by atoms with Gasteiger partial charge in [0.25, 0.3) is 0 Å². The highest BCUT2D eigenvalue weighted by Crippen LogP contribution is 2.36. The van der Waals surface area contributed by atoms with Gasteiger partial charge in [-0.15, -0.1) is 0 Å². The van der Waals surface area contributed by atoms with E-state index in [1.807, 2.05) is 12.7 Å². The van der Waals surface area contributed by atoms with Crippen LogP contribution in [0.15, 0.2) is 0 Å². The zero-order valence-corrected chi connectivity index (χ0v) is 20.7. The molecule has 0 heterocycles. The van der Waals surface area contributed by atoms with E-state index in [0.29, 0.717) is 99.2 Å². The first-order valence-corrected chi connectivity index (χ1v) is 11.5. The Hall–Kier alpha value is -0.400. The molecule has 31 heavy (non-hydrogen) atoms. The van der Waals surface area contributed by atoms with Crippen LogP contribution in [-0.2, 0) is 23.3 Å². The van der Waals surface area contributed by atoms with Gasteiger partial charge < -0.3 is 38.6 Å². The van der Waals surface area contributed by atoms with Gasteiger partial charge in [-0.1, -0.05) is 20.7 Å². The SMILES string of the molecule is [2H]CCCOCC(COCCC[2H])(COCCC[2H])COP(C)OCCC#N.[3H]OC.[3H]OC.[3H]OC. The molecular weight excluding hydrogens is 425 g/mol. The molecule has 0 aliphatic heterocycles. The zero-order valence-electron chi connectivity index (χ0n) is 25.8. The molecule has 1 unspecified atom stereocenters. The lowest BCUT2D eigenvalue weighted by Crippen LogP contribution is -2.41. The van der Waals surface area contributed by atoms with E-state index >= 15 is 0 Å². The Balaban J connectivity index is -0.000000524. The van der Waals surface area contributed by atoms with Crippen molar-refractivity contribution in [1.29, 1.82) is 9.56 Å². The molecule has 0 aromatic heterocycles. The standard InChI is InChI=1S/C18H36NO5P.3CH4O/c1-5-10-20-14-18(15-21-11-6-2,16-22-12-7-3)17-24-25(4)23-13-8-9-19;3*1-2/h5-8,10-17H2,1-4H3;3*2H,1H3/i1D,2D,3D;3*2T. The number of rotatable bonds is 18. The van der Waals surface area contributed by atoms with Gasteiger partial charge in [-0.05, 0) is 19.3 Å². The maximum absolute atomic E-state index is 8.61. The number of hydrogen-bond donors (Lipinski definition) is 3. The van der Waals surface area contributed by atoms with Crippen LogP contribution < -0.4 is 0 Å². The summed E-state index contributed by atoms with van der Waals surface area (Å²) in [6, 6.07) is 2.04. The highest BCUT2D eigenvalue weighted by atomic mass is 31.2. The number of nitriles is 1. The van der Waals surface area contributed by atoms with Crippen molar-refractivity contribution in [2.45, 2.75) is 46.4 Å². The molecule has 3 N–H and O–H groups in total. The van der Waals surface area contributed by atoms with E-state index in [-0.39, 0.29) is 0 Å². The number of hydrogen-bond acceptors (Lipinski definition) is 9. The van der Waals surface area contributed by atoms with Crippen LogP contribution in [0.25, 0.3) is 0 Å². The van der Waals surface area contributed by atoms with Crippen molar-refractivity contribution in [3.63, 3.8) is 0 Å². The van der Waals surface area contributed by atoms with Crippen LogP contribution in [0.5, 0.6) is 0 Å². The minimum absolute atomic E-state index is 0.316. The van der Waals surface area contributed by atoms with E-state index in [1.54, 1.807) is 0 Å². The lowest BCUT2D eigenvalue weighted by molar-refractivity contribution is -0.0880. The summed E-state index contributed by atoms with van der Waals surface area (Å²) < 4.78 is 67.6. The van der Waals surface area contributed by atoms with Crippen LogP contribution in [0.1, 0.15) is 50.5 Å². The molecule has 0 radical (unpaired) electrons. The van der Waals surface area contributed by atoms with Gasteiger partial charge in [-0.25, -0.2) is 0 Å². The van der Waals surface area contributed by atoms with Gasteiger partial charge >= 0.3 is 0 Å². The molecule has 0 saturated heterocycles. The smallest absolute Gasteiger partial charge is 0.210 e. The molecule has 190 valence electrons. The van der Waals surface area contributed by atoms with Gasteiger partial charge in [-0.2, -0.15) is 5.26 Å². The molecule has 0 saturated carbocycles. The summed E-state index contributed by atoms with van der Waals surface area (Å²) in [4.78, 5) is 0. The van der Waals surface area contributed by atoms with Crippen molar-refractivity contribution < 1.29 is 42.7 Å². The van der Waals surface area contributed by atoms with Gasteiger partial charge in [0.1, 0.15) is 0 Å². The Bertz CT molecular complexity index is 412. The molecule has 0 amide bonds. The molecule has 0 fully saturated rings. The summed E-state index contributed by atoms with van der Waals surface area (Å²) in [5.74, 6) is 0. The van der Waals surface area contributed by atoms with E-state index in [0.717, 1.165) is 0 Å². The maximum Gasteiger partial charge on any atom is 0.210 e. The molecule has 0 aliphatic carbocycles. The Labute approximate surface area is 200 Å². The molecule has 0 bridgehead atoms. The van der Waals surface area contributed by atoms with Crippen molar-refractivity contribution in [3.8, 4) is 6.07 Å². The van der Waals surface area contributed by atoms with Crippen LogP contribution in [0.4, 0.5) is 0 Å². The molecule has 9 nitrogen and oxygen atoms in total. The summed E-state index contributed by atoms with van der Waals surface area (Å²) in [7, 11) is 2.75. The molecular formula is C21H48NO8P. The number of nitrogens with zero attached hydrogens (tertiary/aromatic N) is 1. The second kappa shape index (κ2) is 34.2. The molecule has 0 aromatic rings. The van der Waals surface area contributed by atoms with Crippen molar-refractivity contribution in [1.82, 2.24) is 0 Å². The molecule has 0 spiro atoms. The molecule has 10 heteroatoms. The number of aliphatic hydroxyl groups is 3. The van der Waals surface area contributed by atoms with E-state index in [4.69, 9.17) is 36.9 Å². The van der Waals surface area contributed by atoms with E-state index in [9.17, 15) is 0 Å². The fraction of sp³-hybridized carbons (Fsp3) is 0.952. The highest BCUT2D eigenvalue weighted by molar-refractivity contribution is 7.46. The predicted molar refractivity (Wildman–Crippen MR) is 125 cm³/mol. The average Bonchev–Trinajstić information content (AvgIpc) is 2.87. The monoisotopic (exact) mass is 482 g/mol. The molecule has 0 aromatic carbocycles. The summed E-state index contributed by atoms with van der Waals surface area (Å²) in [5.41, 5.74) is -0.527. The minimum Gasteiger partial charge on any atom is -0.400 e. The highest BCUT2D eigenvalue weighted by Gasteiger charge is 2.33. The number of aliphatic hydroxyl groups excluding tert-OH is 3.